The normalized spacial score (nSPS) is 15.6. The fourth-order valence-corrected chi connectivity index (χ4v) is 3.44. The zero-order chi connectivity index (χ0) is 17.8. The summed E-state index contributed by atoms with van der Waals surface area (Å²) in [6.45, 7) is 0. The molecule has 0 unspecified atom stereocenters. The van der Waals surface area contributed by atoms with E-state index in [4.69, 9.17) is 17.0 Å². The number of hydrazine groups is 1. The van der Waals surface area contributed by atoms with Gasteiger partial charge in [-0.2, -0.15) is 5.01 Å². The van der Waals surface area contributed by atoms with Gasteiger partial charge in [-0.25, -0.2) is 0 Å². The van der Waals surface area contributed by atoms with Gasteiger partial charge in [-0.15, -0.1) is 0 Å². The largest absolute Gasteiger partial charge is 0.496 e. The molecule has 0 aromatic heterocycles. The van der Waals surface area contributed by atoms with Crippen LogP contribution in [0.1, 0.15) is 15.9 Å². The number of thioether (sulfide) groups is 1. The topological polar surface area (TPSA) is 58.6 Å². The van der Waals surface area contributed by atoms with E-state index >= 15 is 0 Å². The molecule has 0 bridgehead atoms. The van der Waals surface area contributed by atoms with Crippen LogP contribution in [0.4, 0.5) is 0 Å². The van der Waals surface area contributed by atoms with Gasteiger partial charge in [0.25, 0.3) is 11.8 Å². The molecular formula is C18H14N2O3S2. The minimum atomic E-state index is -0.463. The van der Waals surface area contributed by atoms with E-state index in [-0.39, 0.29) is 10.2 Å². The van der Waals surface area contributed by atoms with Gasteiger partial charge in [0, 0.05) is 0 Å². The Morgan fingerprint density at radius 2 is 1.84 bits per heavy atom. The molecule has 25 heavy (non-hydrogen) atoms. The third-order valence-corrected chi connectivity index (χ3v) is 4.76. The summed E-state index contributed by atoms with van der Waals surface area (Å²) in [5, 5.41) is 1.09. The van der Waals surface area contributed by atoms with E-state index in [2.05, 4.69) is 5.43 Å². The summed E-state index contributed by atoms with van der Waals surface area (Å²) in [5.41, 5.74) is 3.76. The molecule has 0 saturated carbocycles. The lowest BCUT2D eigenvalue weighted by Gasteiger charge is -2.16. The van der Waals surface area contributed by atoms with Crippen LogP contribution in [0.5, 0.6) is 5.75 Å². The van der Waals surface area contributed by atoms with Gasteiger partial charge in [-0.3, -0.25) is 15.0 Å². The summed E-state index contributed by atoms with van der Waals surface area (Å²) in [7, 11) is 1.48. The molecule has 0 atom stereocenters. The van der Waals surface area contributed by atoms with E-state index in [1.165, 1.54) is 7.11 Å². The number of nitrogens with one attached hydrogen (secondary N) is 1. The van der Waals surface area contributed by atoms with E-state index in [1.807, 2.05) is 30.3 Å². The Morgan fingerprint density at radius 3 is 2.56 bits per heavy atom. The van der Waals surface area contributed by atoms with Crippen LogP contribution in [0, 0.1) is 0 Å². The van der Waals surface area contributed by atoms with Crippen molar-refractivity contribution in [3.05, 3.63) is 70.6 Å². The zero-order valence-corrected chi connectivity index (χ0v) is 14.9. The van der Waals surface area contributed by atoms with Gasteiger partial charge < -0.3 is 4.74 Å². The number of para-hydroxylation sites is 1. The molecule has 1 aliphatic heterocycles. The number of thiocarbonyl (C=S) groups is 1. The number of carbonyl (C=O) groups is 2. The molecule has 1 heterocycles. The number of benzene rings is 2. The minimum absolute atomic E-state index is 0.274. The van der Waals surface area contributed by atoms with Crippen LogP contribution in [0.2, 0.25) is 0 Å². The van der Waals surface area contributed by atoms with Crippen LogP contribution in [-0.2, 0) is 4.79 Å². The highest BCUT2D eigenvalue weighted by Gasteiger charge is 2.34. The fourth-order valence-electron chi connectivity index (χ4n) is 2.26. The Morgan fingerprint density at radius 1 is 1.16 bits per heavy atom. The van der Waals surface area contributed by atoms with E-state index in [9.17, 15) is 9.59 Å². The van der Waals surface area contributed by atoms with Crippen molar-refractivity contribution >= 4 is 46.2 Å². The highest BCUT2D eigenvalue weighted by Crippen LogP contribution is 2.31. The van der Waals surface area contributed by atoms with Crippen LogP contribution < -0.4 is 10.2 Å². The lowest BCUT2D eigenvalue weighted by molar-refractivity contribution is -0.123. The van der Waals surface area contributed by atoms with Gasteiger partial charge in [0.2, 0.25) is 0 Å². The lowest BCUT2D eigenvalue weighted by atomic mass is 10.2. The van der Waals surface area contributed by atoms with E-state index in [0.29, 0.717) is 16.2 Å². The van der Waals surface area contributed by atoms with Gasteiger partial charge in [0.15, 0.2) is 4.32 Å². The molecule has 126 valence electrons. The molecule has 1 aliphatic rings. The Labute approximate surface area is 154 Å². The molecule has 7 heteroatoms. The number of ether oxygens (including phenoxy) is 1. The van der Waals surface area contributed by atoms with E-state index < -0.39 is 5.91 Å². The monoisotopic (exact) mass is 370 g/mol. The van der Waals surface area contributed by atoms with Crippen LogP contribution in [0.25, 0.3) is 6.08 Å². The number of amides is 2. The Bertz CT molecular complexity index is 866. The number of rotatable bonds is 4. The maximum Gasteiger partial charge on any atom is 0.285 e. The number of hydrogen-bond donors (Lipinski definition) is 1. The number of carbonyl (C=O) groups excluding carboxylic acids is 2. The first-order valence-electron chi connectivity index (χ1n) is 7.37. The molecule has 1 N–H and O–H groups in total. The van der Waals surface area contributed by atoms with Crippen LogP contribution >= 0.6 is 24.0 Å². The second kappa shape index (κ2) is 7.50. The third kappa shape index (κ3) is 3.72. The SMILES string of the molecule is COc1ccccc1C(=O)NN1C(=O)/C(=C/c2ccccc2)SC1=S. The molecule has 0 radical (unpaired) electrons. The molecule has 2 amide bonds. The van der Waals surface area contributed by atoms with Gasteiger partial charge in [0.1, 0.15) is 5.75 Å². The summed E-state index contributed by atoms with van der Waals surface area (Å²) in [6.07, 6.45) is 1.74. The van der Waals surface area contributed by atoms with Crippen molar-refractivity contribution in [1.29, 1.82) is 0 Å². The van der Waals surface area contributed by atoms with E-state index in [1.54, 1.807) is 30.3 Å². The average Bonchev–Trinajstić information content (AvgIpc) is 2.90. The van der Waals surface area contributed by atoms with Gasteiger partial charge in [0.05, 0.1) is 17.6 Å². The van der Waals surface area contributed by atoms with Gasteiger partial charge >= 0.3 is 0 Å². The van der Waals surface area contributed by atoms with Crippen molar-refractivity contribution in [3.63, 3.8) is 0 Å². The summed E-state index contributed by atoms with van der Waals surface area (Å²) in [4.78, 5) is 25.5. The summed E-state index contributed by atoms with van der Waals surface area (Å²) >= 11 is 6.37. The van der Waals surface area contributed by atoms with Crippen molar-refractivity contribution in [3.8, 4) is 5.75 Å². The smallest absolute Gasteiger partial charge is 0.285 e. The number of methoxy groups -OCH3 is 1. The van der Waals surface area contributed by atoms with Crippen molar-refractivity contribution in [2.75, 3.05) is 7.11 Å². The molecule has 3 rings (SSSR count). The molecule has 1 fully saturated rings. The first-order chi connectivity index (χ1) is 12.1. The van der Waals surface area contributed by atoms with Gasteiger partial charge in [-0.05, 0) is 36.0 Å². The molecule has 0 aliphatic carbocycles. The van der Waals surface area contributed by atoms with Gasteiger partial charge in [-0.1, -0.05) is 54.2 Å². The first kappa shape index (κ1) is 17.2. The molecule has 1 saturated heterocycles. The predicted octanol–water partition coefficient (Wildman–Crippen LogP) is 3.24. The van der Waals surface area contributed by atoms with Crippen LogP contribution in [0.15, 0.2) is 59.5 Å². The number of nitrogens with zero attached hydrogens (tertiary/aromatic N) is 1. The standard InChI is InChI=1S/C18H14N2O3S2/c1-23-14-10-6-5-9-13(14)16(21)19-20-17(22)15(25-18(20)24)11-12-7-3-2-4-8-12/h2-11H,1H3,(H,19,21)/b15-11-. The van der Waals surface area contributed by atoms with Crippen molar-refractivity contribution in [1.82, 2.24) is 10.4 Å². The average molecular weight is 370 g/mol. The summed E-state index contributed by atoms with van der Waals surface area (Å²) < 4.78 is 5.44. The Hall–Kier alpha value is -2.64. The molecule has 0 spiro atoms. The van der Waals surface area contributed by atoms with Crippen molar-refractivity contribution < 1.29 is 14.3 Å². The summed E-state index contributed by atoms with van der Waals surface area (Å²) in [5.74, 6) is -0.401. The van der Waals surface area contributed by atoms with Crippen LogP contribution in [-0.4, -0.2) is 28.3 Å². The Kier molecular flexibility index (Phi) is 5.16. The maximum atomic E-state index is 12.5. The predicted molar refractivity (Wildman–Crippen MR) is 102 cm³/mol. The van der Waals surface area contributed by atoms with E-state index in [0.717, 1.165) is 22.3 Å². The molecule has 5 nitrogen and oxygen atoms in total. The van der Waals surface area contributed by atoms with Crippen molar-refractivity contribution in [2.45, 2.75) is 0 Å². The molecule has 2 aromatic carbocycles. The number of hydrogen-bond acceptors (Lipinski definition) is 5. The molecular weight excluding hydrogens is 356 g/mol. The highest BCUT2D eigenvalue weighted by atomic mass is 32.2. The maximum absolute atomic E-state index is 12.5. The quantitative estimate of drug-likeness (QED) is 0.661. The first-order valence-corrected chi connectivity index (χ1v) is 8.59. The van der Waals surface area contributed by atoms with Crippen LogP contribution in [0.3, 0.4) is 0 Å². The third-order valence-electron chi connectivity index (χ3n) is 3.46. The summed E-state index contributed by atoms with van der Waals surface area (Å²) in [6, 6.07) is 16.2. The lowest BCUT2D eigenvalue weighted by Crippen LogP contribution is -2.44. The minimum Gasteiger partial charge on any atom is -0.496 e. The fraction of sp³-hybridized carbons (Fsp3) is 0.0556. The second-order valence-corrected chi connectivity index (χ2v) is 6.74. The second-order valence-electron chi connectivity index (χ2n) is 5.07. The Balaban J connectivity index is 1.79. The van der Waals surface area contributed by atoms with Crippen molar-refractivity contribution in [2.24, 2.45) is 0 Å². The zero-order valence-electron chi connectivity index (χ0n) is 13.3. The highest BCUT2D eigenvalue weighted by molar-refractivity contribution is 8.26. The molecule has 2 aromatic rings.